The highest BCUT2D eigenvalue weighted by atomic mass is 127. The molecule has 0 atom stereocenters. The molecule has 0 unspecified atom stereocenters. The van der Waals surface area contributed by atoms with Gasteiger partial charge in [-0.2, -0.15) is 0 Å². The average Bonchev–Trinajstić information content (AvgIpc) is 2.15. The number of halogens is 1. The van der Waals surface area contributed by atoms with Crippen molar-refractivity contribution in [1.82, 2.24) is 0 Å². The molecule has 4 heteroatoms. The molecular weight excluding hydrogens is 295 g/mol. The molecular formula is C10H13IO3. The van der Waals surface area contributed by atoms with Crippen molar-refractivity contribution < 1.29 is 14.3 Å². The van der Waals surface area contributed by atoms with Crippen LogP contribution in [0, 0.1) is 0 Å². The first kappa shape index (κ1) is 10.3. The summed E-state index contributed by atoms with van der Waals surface area (Å²) in [6, 6.07) is 0. The van der Waals surface area contributed by atoms with Gasteiger partial charge in [-0.05, 0) is 42.4 Å². The summed E-state index contributed by atoms with van der Waals surface area (Å²) in [5, 5.41) is 0. The van der Waals surface area contributed by atoms with Gasteiger partial charge in [-0.25, -0.2) is 4.79 Å². The molecule has 0 aromatic rings. The maximum absolute atomic E-state index is 11.5. The second kappa shape index (κ2) is 3.72. The highest BCUT2D eigenvalue weighted by Gasteiger charge is 2.42. The Morgan fingerprint density at radius 1 is 1.21 bits per heavy atom. The van der Waals surface area contributed by atoms with E-state index in [9.17, 15) is 4.79 Å². The van der Waals surface area contributed by atoms with E-state index in [1.807, 2.05) is 29.5 Å². The van der Waals surface area contributed by atoms with Crippen LogP contribution in [0.1, 0.15) is 39.0 Å². The van der Waals surface area contributed by atoms with Crippen molar-refractivity contribution in [3.05, 3.63) is 9.34 Å². The van der Waals surface area contributed by atoms with Crippen molar-refractivity contribution in [3.63, 3.8) is 0 Å². The minimum absolute atomic E-state index is 0.226. The number of carbonyl (C=O) groups excluding carboxylic acids is 1. The van der Waals surface area contributed by atoms with Crippen LogP contribution in [0.2, 0.25) is 0 Å². The second-order valence-electron chi connectivity index (χ2n) is 3.83. The SMILES string of the molecule is CC1=C(I)C(=O)OC2(CCCCC2)O1. The molecule has 2 aliphatic rings. The van der Waals surface area contributed by atoms with Crippen molar-refractivity contribution >= 4 is 28.6 Å². The molecule has 2 rings (SSSR count). The van der Waals surface area contributed by atoms with Crippen LogP contribution in [-0.4, -0.2) is 11.8 Å². The molecule has 14 heavy (non-hydrogen) atoms. The summed E-state index contributed by atoms with van der Waals surface area (Å²) < 4.78 is 11.7. The molecule has 0 N–H and O–H groups in total. The lowest BCUT2D eigenvalue weighted by molar-refractivity contribution is -0.232. The molecule has 0 radical (unpaired) electrons. The topological polar surface area (TPSA) is 35.5 Å². The predicted octanol–water partition coefficient (Wildman–Crippen LogP) is 2.89. The Hall–Kier alpha value is -0.260. The third kappa shape index (κ3) is 1.76. The van der Waals surface area contributed by atoms with Crippen LogP contribution in [0.15, 0.2) is 9.34 Å². The minimum atomic E-state index is -0.631. The van der Waals surface area contributed by atoms with Crippen molar-refractivity contribution in [3.8, 4) is 0 Å². The molecule has 0 amide bonds. The van der Waals surface area contributed by atoms with E-state index in [1.54, 1.807) is 0 Å². The lowest BCUT2D eigenvalue weighted by Gasteiger charge is -2.39. The van der Waals surface area contributed by atoms with Crippen LogP contribution < -0.4 is 0 Å². The first-order valence-corrected chi connectivity index (χ1v) is 6.00. The van der Waals surface area contributed by atoms with Crippen LogP contribution in [0.5, 0.6) is 0 Å². The van der Waals surface area contributed by atoms with Crippen LogP contribution in [-0.2, 0) is 14.3 Å². The number of hydrogen-bond donors (Lipinski definition) is 0. The molecule has 1 aliphatic carbocycles. The Balaban J connectivity index is 2.21. The number of ether oxygens (including phenoxy) is 2. The Labute approximate surface area is 97.0 Å². The summed E-state index contributed by atoms with van der Waals surface area (Å²) in [4.78, 5) is 11.5. The molecule has 1 saturated carbocycles. The van der Waals surface area contributed by atoms with Gasteiger partial charge < -0.3 is 9.47 Å². The van der Waals surface area contributed by atoms with E-state index in [2.05, 4.69) is 0 Å². The molecule has 0 aromatic heterocycles. The van der Waals surface area contributed by atoms with Crippen molar-refractivity contribution in [2.45, 2.75) is 44.8 Å². The minimum Gasteiger partial charge on any atom is -0.455 e. The Morgan fingerprint density at radius 3 is 2.43 bits per heavy atom. The van der Waals surface area contributed by atoms with Crippen molar-refractivity contribution in [1.29, 1.82) is 0 Å². The maximum Gasteiger partial charge on any atom is 0.351 e. The van der Waals surface area contributed by atoms with Gasteiger partial charge in [0.25, 0.3) is 5.79 Å². The first-order valence-electron chi connectivity index (χ1n) is 4.92. The summed E-state index contributed by atoms with van der Waals surface area (Å²) >= 11 is 1.97. The largest absolute Gasteiger partial charge is 0.455 e. The molecule has 0 bridgehead atoms. The molecule has 1 spiro atoms. The zero-order valence-corrected chi connectivity index (χ0v) is 10.3. The zero-order chi connectivity index (χ0) is 10.2. The standard InChI is InChI=1S/C10H13IO3/c1-7-8(11)9(12)14-10(13-7)5-3-2-4-6-10/h2-6H2,1H3. The molecule has 1 heterocycles. The van der Waals surface area contributed by atoms with Crippen LogP contribution in [0.3, 0.4) is 0 Å². The number of hydrogen-bond acceptors (Lipinski definition) is 3. The Kier molecular flexibility index (Phi) is 2.72. The summed E-state index contributed by atoms with van der Waals surface area (Å²) in [5.41, 5.74) is 0. The number of carbonyl (C=O) groups is 1. The number of esters is 1. The van der Waals surface area contributed by atoms with E-state index in [4.69, 9.17) is 9.47 Å². The maximum atomic E-state index is 11.5. The smallest absolute Gasteiger partial charge is 0.351 e. The molecule has 0 saturated heterocycles. The fraction of sp³-hybridized carbons (Fsp3) is 0.700. The summed E-state index contributed by atoms with van der Waals surface area (Å²) in [6.45, 7) is 1.83. The molecule has 0 aromatic carbocycles. The molecule has 78 valence electrons. The Morgan fingerprint density at radius 2 is 1.86 bits per heavy atom. The highest BCUT2D eigenvalue weighted by molar-refractivity contribution is 14.1. The monoisotopic (exact) mass is 308 g/mol. The van der Waals surface area contributed by atoms with Gasteiger partial charge in [0.15, 0.2) is 0 Å². The van der Waals surface area contributed by atoms with Gasteiger partial charge in [0.1, 0.15) is 9.34 Å². The summed E-state index contributed by atoms with van der Waals surface area (Å²) in [5.74, 6) is -0.145. The van der Waals surface area contributed by atoms with Gasteiger partial charge in [0.05, 0.1) is 0 Å². The molecule has 3 nitrogen and oxygen atoms in total. The Bertz CT molecular complexity index is 290. The highest BCUT2D eigenvalue weighted by Crippen LogP contribution is 2.39. The third-order valence-electron chi connectivity index (χ3n) is 2.72. The van der Waals surface area contributed by atoms with Gasteiger partial charge in [-0.1, -0.05) is 6.42 Å². The van der Waals surface area contributed by atoms with Crippen molar-refractivity contribution in [2.24, 2.45) is 0 Å². The molecule has 1 aliphatic heterocycles. The van der Waals surface area contributed by atoms with Crippen LogP contribution >= 0.6 is 22.6 Å². The average molecular weight is 308 g/mol. The van der Waals surface area contributed by atoms with E-state index in [0.29, 0.717) is 9.34 Å². The molecule has 1 fully saturated rings. The predicted molar refractivity (Wildman–Crippen MR) is 59.7 cm³/mol. The zero-order valence-electron chi connectivity index (χ0n) is 8.14. The first-order chi connectivity index (χ1) is 6.63. The normalized spacial score (nSPS) is 26.0. The quantitative estimate of drug-likeness (QED) is 0.510. The lowest BCUT2D eigenvalue weighted by Crippen LogP contribution is -2.42. The third-order valence-corrected chi connectivity index (χ3v) is 3.92. The van der Waals surface area contributed by atoms with Gasteiger partial charge in [0.2, 0.25) is 0 Å². The number of rotatable bonds is 0. The summed E-state index contributed by atoms with van der Waals surface area (Å²) in [6.07, 6.45) is 5.04. The van der Waals surface area contributed by atoms with E-state index in [-0.39, 0.29) is 5.97 Å². The van der Waals surface area contributed by atoms with Crippen LogP contribution in [0.4, 0.5) is 0 Å². The fourth-order valence-corrected chi connectivity index (χ4v) is 2.22. The van der Waals surface area contributed by atoms with E-state index >= 15 is 0 Å². The van der Waals surface area contributed by atoms with Crippen LogP contribution in [0.25, 0.3) is 0 Å². The number of allylic oxidation sites excluding steroid dienone is 1. The van der Waals surface area contributed by atoms with Gasteiger partial charge in [-0.3, -0.25) is 0 Å². The van der Waals surface area contributed by atoms with Gasteiger partial charge in [0, 0.05) is 12.8 Å². The van der Waals surface area contributed by atoms with E-state index in [1.165, 1.54) is 6.42 Å². The van der Waals surface area contributed by atoms with Gasteiger partial charge >= 0.3 is 5.97 Å². The van der Waals surface area contributed by atoms with E-state index < -0.39 is 5.79 Å². The van der Waals surface area contributed by atoms with Crippen molar-refractivity contribution in [2.75, 3.05) is 0 Å². The van der Waals surface area contributed by atoms with Gasteiger partial charge in [-0.15, -0.1) is 0 Å². The lowest BCUT2D eigenvalue weighted by atomic mass is 9.93. The van der Waals surface area contributed by atoms with E-state index in [0.717, 1.165) is 25.7 Å². The summed E-state index contributed by atoms with van der Waals surface area (Å²) in [7, 11) is 0. The second-order valence-corrected chi connectivity index (χ2v) is 4.91. The fourth-order valence-electron chi connectivity index (χ4n) is 2.00.